The molecule has 13 heavy (non-hydrogen) atoms. The molecule has 0 aliphatic carbocycles. The first-order chi connectivity index (χ1) is 6.38. The van der Waals surface area contributed by atoms with Crippen LogP contribution in [0.2, 0.25) is 0 Å². The van der Waals surface area contributed by atoms with Gasteiger partial charge in [-0.1, -0.05) is 36.4 Å². The molecule has 1 atom stereocenters. The Kier molecular flexibility index (Phi) is 2.46. The first kappa shape index (κ1) is 8.52. The lowest BCUT2D eigenvalue weighted by molar-refractivity contribution is 0.627. The summed E-state index contributed by atoms with van der Waals surface area (Å²) in [6.07, 6.45) is 3.49. The van der Waals surface area contributed by atoms with Gasteiger partial charge in [0.25, 0.3) is 0 Å². The average molecular weight is 173 g/mol. The van der Waals surface area contributed by atoms with E-state index in [0.29, 0.717) is 6.04 Å². The zero-order valence-electron chi connectivity index (χ0n) is 7.96. The summed E-state index contributed by atoms with van der Waals surface area (Å²) in [5.74, 6) is 0. The topological polar surface area (TPSA) is 12.0 Å². The number of hydrogen-bond donors (Lipinski definition) is 1. The molecule has 1 aliphatic heterocycles. The largest absolute Gasteiger partial charge is 0.310 e. The fourth-order valence-corrected chi connectivity index (χ4v) is 1.81. The molecule has 1 unspecified atom stereocenters. The van der Waals surface area contributed by atoms with Crippen molar-refractivity contribution in [2.45, 2.75) is 19.4 Å². The molecule has 1 aromatic carbocycles. The molecule has 2 rings (SSSR count). The van der Waals surface area contributed by atoms with Crippen LogP contribution in [0.15, 0.2) is 36.4 Å². The van der Waals surface area contributed by atoms with Gasteiger partial charge in [0.1, 0.15) is 0 Å². The molecule has 0 aromatic heterocycles. The van der Waals surface area contributed by atoms with Crippen LogP contribution in [0.1, 0.15) is 18.9 Å². The monoisotopic (exact) mass is 173 g/mol. The van der Waals surface area contributed by atoms with Crippen molar-refractivity contribution < 1.29 is 0 Å². The molecule has 1 aromatic rings. The molecule has 0 spiro atoms. The second kappa shape index (κ2) is 3.75. The maximum atomic E-state index is 3.46. The molecule has 0 radical (unpaired) electrons. The molecular formula is C12H15N. The van der Waals surface area contributed by atoms with Gasteiger partial charge in [-0.05, 0) is 31.0 Å². The van der Waals surface area contributed by atoms with Gasteiger partial charge >= 0.3 is 0 Å². The van der Waals surface area contributed by atoms with E-state index in [2.05, 4.69) is 48.6 Å². The molecule has 0 bridgehead atoms. The Bertz CT molecular complexity index is 300. The van der Waals surface area contributed by atoms with E-state index >= 15 is 0 Å². The van der Waals surface area contributed by atoms with Gasteiger partial charge in [0, 0.05) is 6.04 Å². The normalized spacial score (nSPS) is 22.5. The van der Waals surface area contributed by atoms with Crippen molar-refractivity contribution >= 4 is 5.57 Å². The molecule has 0 amide bonds. The lowest BCUT2D eigenvalue weighted by Crippen LogP contribution is -2.31. The van der Waals surface area contributed by atoms with Crippen LogP contribution in [-0.4, -0.2) is 12.6 Å². The van der Waals surface area contributed by atoms with E-state index in [0.717, 1.165) is 13.0 Å². The van der Waals surface area contributed by atoms with E-state index in [9.17, 15) is 0 Å². The first-order valence-electron chi connectivity index (χ1n) is 4.87. The summed E-state index contributed by atoms with van der Waals surface area (Å²) in [6, 6.07) is 11.1. The zero-order valence-corrected chi connectivity index (χ0v) is 7.96. The van der Waals surface area contributed by atoms with Gasteiger partial charge in [-0.3, -0.25) is 0 Å². The Balaban J connectivity index is 2.30. The molecule has 1 heterocycles. The van der Waals surface area contributed by atoms with E-state index in [1.54, 1.807) is 0 Å². The van der Waals surface area contributed by atoms with Crippen molar-refractivity contribution in [1.82, 2.24) is 5.32 Å². The fraction of sp³-hybridized carbons (Fsp3) is 0.333. The van der Waals surface area contributed by atoms with Gasteiger partial charge in [0.05, 0.1) is 0 Å². The van der Waals surface area contributed by atoms with Gasteiger partial charge in [-0.2, -0.15) is 0 Å². The standard InChI is InChI=1S/C12H15N/c1-10-12(8-5-9-13-10)11-6-3-2-4-7-11/h2-4,6-8,10,13H,5,9H2,1H3. The Hall–Kier alpha value is -1.08. The van der Waals surface area contributed by atoms with Crippen LogP contribution in [0, 0.1) is 0 Å². The molecule has 0 fully saturated rings. The van der Waals surface area contributed by atoms with Crippen LogP contribution in [-0.2, 0) is 0 Å². The Labute approximate surface area is 79.5 Å². The number of hydrogen-bond acceptors (Lipinski definition) is 1. The number of nitrogens with one attached hydrogen (secondary N) is 1. The molecule has 68 valence electrons. The quantitative estimate of drug-likeness (QED) is 0.688. The summed E-state index contributed by atoms with van der Waals surface area (Å²) in [5, 5.41) is 3.46. The van der Waals surface area contributed by atoms with Crippen LogP contribution in [0.4, 0.5) is 0 Å². The van der Waals surface area contributed by atoms with E-state index in [-0.39, 0.29) is 0 Å². The Morgan fingerprint density at radius 3 is 2.69 bits per heavy atom. The van der Waals surface area contributed by atoms with E-state index in [1.165, 1.54) is 11.1 Å². The maximum Gasteiger partial charge on any atom is 0.0294 e. The third kappa shape index (κ3) is 1.81. The predicted octanol–water partition coefficient (Wildman–Crippen LogP) is 2.45. The summed E-state index contributed by atoms with van der Waals surface area (Å²) in [6.45, 7) is 3.33. The van der Waals surface area contributed by atoms with Crippen LogP contribution in [0.25, 0.3) is 5.57 Å². The van der Waals surface area contributed by atoms with Crippen LogP contribution in [0.5, 0.6) is 0 Å². The summed E-state index contributed by atoms with van der Waals surface area (Å²) in [7, 11) is 0. The molecular weight excluding hydrogens is 158 g/mol. The van der Waals surface area contributed by atoms with Crippen molar-refractivity contribution in [2.75, 3.05) is 6.54 Å². The highest BCUT2D eigenvalue weighted by molar-refractivity contribution is 5.69. The van der Waals surface area contributed by atoms with Crippen molar-refractivity contribution in [1.29, 1.82) is 0 Å². The second-order valence-electron chi connectivity index (χ2n) is 3.49. The predicted molar refractivity (Wildman–Crippen MR) is 56.5 cm³/mol. The third-order valence-corrected chi connectivity index (χ3v) is 2.53. The van der Waals surface area contributed by atoms with Crippen LogP contribution >= 0.6 is 0 Å². The van der Waals surface area contributed by atoms with Gasteiger partial charge in [0.15, 0.2) is 0 Å². The smallest absolute Gasteiger partial charge is 0.0294 e. The molecule has 1 aliphatic rings. The SMILES string of the molecule is CC1NCCC=C1c1ccccc1. The molecule has 0 saturated heterocycles. The van der Waals surface area contributed by atoms with Crippen molar-refractivity contribution in [2.24, 2.45) is 0 Å². The zero-order chi connectivity index (χ0) is 9.10. The van der Waals surface area contributed by atoms with Crippen LogP contribution in [0.3, 0.4) is 0 Å². The van der Waals surface area contributed by atoms with Crippen LogP contribution < -0.4 is 5.32 Å². The summed E-state index contributed by atoms with van der Waals surface area (Å²) in [5.41, 5.74) is 2.79. The van der Waals surface area contributed by atoms with Gasteiger partial charge < -0.3 is 5.32 Å². The van der Waals surface area contributed by atoms with Crippen molar-refractivity contribution in [3.05, 3.63) is 42.0 Å². The third-order valence-electron chi connectivity index (χ3n) is 2.53. The minimum absolute atomic E-state index is 0.496. The lowest BCUT2D eigenvalue weighted by atomic mass is 9.96. The summed E-state index contributed by atoms with van der Waals surface area (Å²) >= 11 is 0. The minimum atomic E-state index is 0.496. The van der Waals surface area contributed by atoms with E-state index in [1.807, 2.05) is 0 Å². The minimum Gasteiger partial charge on any atom is -0.310 e. The highest BCUT2D eigenvalue weighted by atomic mass is 14.9. The summed E-state index contributed by atoms with van der Waals surface area (Å²) in [4.78, 5) is 0. The maximum absolute atomic E-state index is 3.46. The second-order valence-corrected chi connectivity index (χ2v) is 3.49. The molecule has 1 nitrogen and oxygen atoms in total. The number of rotatable bonds is 1. The Morgan fingerprint density at radius 2 is 2.00 bits per heavy atom. The van der Waals surface area contributed by atoms with Crippen molar-refractivity contribution in [3.63, 3.8) is 0 Å². The highest BCUT2D eigenvalue weighted by Gasteiger charge is 2.12. The molecule has 1 N–H and O–H groups in total. The van der Waals surface area contributed by atoms with Crippen molar-refractivity contribution in [3.8, 4) is 0 Å². The van der Waals surface area contributed by atoms with Gasteiger partial charge in [-0.15, -0.1) is 0 Å². The lowest BCUT2D eigenvalue weighted by Gasteiger charge is -2.22. The first-order valence-corrected chi connectivity index (χ1v) is 4.87. The number of benzene rings is 1. The van der Waals surface area contributed by atoms with Gasteiger partial charge in [0.2, 0.25) is 0 Å². The van der Waals surface area contributed by atoms with Gasteiger partial charge in [-0.25, -0.2) is 0 Å². The Morgan fingerprint density at radius 1 is 1.23 bits per heavy atom. The highest BCUT2D eigenvalue weighted by Crippen LogP contribution is 2.20. The molecule has 0 saturated carbocycles. The molecule has 1 heteroatoms. The van der Waals surface area contributed by atoms with E-state index < -0.39 is 0 Å². The van der Waals surface area contributed by atoms with E-state index in [4.69, 9.17) is 0 Å². The fourth-order valence-electron chi connectivity index (χ4n) is 1.81. The average Bonchev–Trinajstić information content (AvgIpc) is 2.20. The summed E-state index contributed by atoms with van der Waals surface area (Å²) < 4.78 is 0.